The Labute approximate surface area is 144 Å². The van der Waals surface area contributed by atoms with Crippen LogP contribution in [0.1, 0.15) is 5.56 Å². The Kier molecular flexibility index (Phi) is 4.70. The topological polar surface area (TPSA) is 77.9 Å². The van der Waals surface area contributed by atoms with E-state index >= 15 is 0 Å². The number of hydrogen-bond donors (Lipinski definition) is 1. The summed E-state index contributed by atoms with van der Waals surface area (Å²) in [5, 5.41) is 10.6. The van der Waals surface area contributed by atoms with Crippen LogP contribution in [0.25, 0.3) is 10.9 Å². The summed E-state index contributed by atoms with van der Waals surface area (Å²) in [6, 6.07) is 10.2. The average molecular weight is 339 g/mol. The number of phenols is 1. The first kappa shape index (κ1) is 16.6. The number of aromatic hydroxyl groups is 1. The zero-order valence-corrected chi connectivity index (χ0v) is 13.9. The van der Waals surface area contributed by atoms with Gasteiger partial charge in [-0.25, -0.2) is 0 Å². The quantitative estimate of drug-likeness (QED) is 0.693. The van der Waals surface area contributed by atoms with E-state index in [-0.39, 0.29) is 12.2 Å². The van der Waals surface area contributed by atoms with Crippen molar-refractivity contribution in [3.05, 3.63) is 48.2 Å². The molecule has 128 valence electrons. The lowest BCUT2D eigenvalue weighted by molar-refractivity contribution is -0.107. The molecule has 0 radical (unpaired) electrons. The van der Waals surface area contributed by atoms with Crippen LogP contribution in [0.4, 0.5) is 0 Å². The van der Waals surface area contributed by atoms with E-state index in [1.54, 1.807) is 43.6 Å². The molecule has 0 atom stereocenters. The molecule has 6 heteroatoms. The van der Waals surface area contributed by atoms with Crippen LogP contribution in [0.2, 0.25) is 0 Å². The zero-order valence-electron chi connectivity index (χ0n) is 13.9. The largest absolute Gasteiger partial charge is 0.504 e. The summed E-state index contributed by atoms with van der Waals surface area (Å²) in [4.78, 5) is 15.2. The van der Waals surface area contributed by atoms with Crippen LogP contribution in [-0.2, 0) is 11.2 Å². The third-order valence-electron chi connectivity index (χ3n) is 3.79. The van der Waals surface area contributed by atoms with Gasteiger partial charge in [-0.05, 0) is 30.3 Å². The van der Waals surface area contributed by atoms with Gasteiger partial charge in [0.05, 0.1) is 19.7 Å². The van der Waals surface area contributed by atoms with Crippen molar-refractivity contribution in [1.29, 1.82) is 0 Å². The minimum absolute atomic E-state index is 0.00532. The number of rotatable bonds is 6. The number of nitrogens with zero attached hydrogens (tertiary/aromatic N) is 1. The van der Waals surface area contributed by atoms with Crippen molar-refractivity contribution in [3.8, 4) is 28.7 Å². The van der Waals surface area contributed by atoms with Crippen molar-refractivity contribution < 1.29 is 24.1 Å². The highest BCUT2D eigenvalue weighted by atomic mass is 16.5. The van der Waals surface area contributed by atoms with Gasteiger partial charge in [0.2, 0.25) is 0 Å². The van der Waals surface area contributed by atoms with Gasteiger partial charge in [-0.3, -0.25) is 4.98 Å². The standard InChI is InChI=1S/C19H17NO5/c1-23-13-3-4-17(12(9-13)6-8-21)25-18-5-7-20-15-11-16(22)19(24-2)10-14(15)18/h3-5,7-11,22H,6H2,1-2H3. The summed E-state index contributed by atoms with van der Waals surface area (Å²) in [7, 11) is 3.04. The average Bonchev–Trinajstić information content (AvgIpc) is 2.63. The Morgan fingerprint density at radius 3 is 2.60 bits per heavy atom. The van der Waals surface area contributed by atoms with E-state index in [2.05, 4.69) is 4.98 Å². The number of carbonyl (C=O) groups is 1. The number of carbonyl (C=O) groups excluding carboxylic acids is 1. The van der Waals surface area contributed by atoms with Crippen molar-refractivity contribution in [2.45, 2.75) is 6.42 Å². The molecule has 0 amide bonds. The zero-order chi connectivity index (χ0) is 17.8. The van der Waals surface area contributed by atoms with E-state index < -0.39 is 0 Å². The Morgan fingerprint density at radius 1 is 1.04 bits per heavy atom. The van der Waals surface area contributed by atoms with E-state index in [0.717, 1.165) is 6.29 Å². The molecule has 3 aromatic rings. The number of aldehydes is 1. The smallest absolute Gasteiger partial charge is 0.161 e. The fourth-order valence-electron chi connectivity index (χ4n) is 2.54. The molecule has 0 spiro atoms. The van der Waals surface area contributed by atoms with Crippen LogP contribution in [0.3, 0.4) is 0 Å². The third-order valence-corrected chi connectivity index (χ3v) is 3.79. The molecule has 0 fully saturated rings. The van der Waals surface area contributed by atoms with E-state index in [1.165, 1.54) is 13.2 Å². The number of phenolic OH excluding ortho intramolecular Hbond substituents is 1. The minimum atomic E-state index is 0.00532. The van der Waals surface area contributed by atoms with Crippen LogP contribution in [0.5, 0.6) is 28.7 Å². The molecule has 6 nitrogen and oxygen atoms in total. The van der Waals surface area contributed by atoms with Crippen LogP contribution in [0.15, 0.2) is 42.6 Å². The number of methoxy groups -OCH3 is 2. The van der Waals surface area contributed by atoms with Crippen molar-refractivity contribution in [2.24, 2.45) is 0 Å². The maximum absolute atomic E-state index is 11.0. The molecule has 25 heavy (non-hydrogen) atoms. The molecule has 0 aliphatic rings. The van der Waals surface area contributed by atoms with Gasteiger partial charge >= 0.3 is 0 Å². The van der Waals surface area contributed by atoms with Gasteiger partial charge in [-0.1, -0.05) is 0 Å². The molecule has 0 unspecified atom stereocenters. The first-order valence-electron chi connectivity index (χ1n) is 7.60. The maximum Gasteiger partial charge on any atom is 0.161 e. The van der Waals surface area contributed by atoms with Gasteiger partial charge in [-0.2, -0.15) is 0 Å². The molecule has 1 heterocycles. The maximum atomic E-state index is 11.0. The number of benzene rings is 2. The van der Waals surface area contributed by atoms with Gasteiger partial charge in [0.15, 0.2) is 11.5 Å². The van der Waals surface area contributed by atoms with E-state index in [0.29, 0.717) is 39.5 Å². The van der Waals surface area contributed by atoms with Gasteiger partial charge in [0, 0.05) is 29.6 Å². The summed E-state index contributed by atoms with van der Waals surface area (Å²) in [5.41, 5.74) is 1.28. The number of ether oxygens (including phenoxy) is 3. The Hall–Kier alpha value is -3.28. The van der Waals surface area contributed by atoms with Gasteiger partial charge < -0.3 is 24.1 Å². The van der Waals surface area contributed by atoms with E-state index in [4.69, 9.17) is 14.2 Å². The number of fused-ring (bicyclic) bond motifs is 1. The van der Waals surface area contributed by atoms with Gasteiger partial charge in [0.25, 0.3) is 0 Å². The summed E-state index contributed by atoms with van der Waals surface area (Å²) >= 11 is 0. The summed E-state index contributed by atoms with van der Waals surface area (Å²) in [6.45, 7) is 0. The summed E-state index contributed by atoms with van der Waals surface area (Å²) in [5.74, 6) is 2.07. The number of aromatic nitrogens is 1. The number of hydrogen-bond acceptors (Lipinski definition) is 6. The monoisotopic (exact) mass is 339 g/mol. The molecule has 1 aromatic heterocycles. The fourth-order valence-corrected chi connectivity index (χ4v) is 2.54. The second kappa shape index (κ2) is 7.09. The Balaban J connectivity index is 2.07. The van der Waals surface area contributed by atoms with Crippen molar-refractivity contribution in [2.75, 3.05) is 14.2 Å². The highest BCUT2D eigenvalue weighted by Crippen LogP contribution is 2.37. The van der Waals surface area contributed by atoms with Gasteiger partial charge in [0.1, 0.15) is 23.5 Å². The van der Waals surface area contributed by atoms with Crippen LogP contribution >= 0.6 is 0 Å². The van der Waals surface area contributed by atoms with Gasteiger partial charge in [-0.15, -0.1) is 0 Å². The second-order valence-electron chi connectivity index (χ2n) is 5.30. The SMILES string of the molecule is COc1ccc(Oc2ccnc3cc(O)c(OC)cc23)c(CC=O)c1. The molecular formula is C19H17NO5. The molecule has 0 bridgehead atoms. The van der Waals surface area contributed by atoms with Crippen LogP contribution in [0, 0.1) is 0 Å². The van der Waals surface area contributed by atoms with Crippen molar-refractivity contribution in [1.82, 2.24) is 4.98 Å². The number of pyridine rings is 1. The lowest BCUT2D eigenvalue weighted by Crippen LogP contribution is -1.96. The first-order chi connectivity index (χ1) is 12.2. The molecule has 1 N–H and O–H groups in total. The minimum Gasteiger partial charge on any atom is -0.504 e. The lowest BCUT2D eigenvalue weighted by Gasteiger charge is -2.13. The van der Waals surface area contributed by atoms with Crippen molar-refractivity contribution >= 4 is 17.2 Å². The van der Waals surface area contributed by atoms with E-state index in [9.17, 15) is 9.90 Å². The molecule has 2 aromatic carbocycles. The third kappa shape index (κ3) is 3.33. The predicted octanol–water partition coefficient (Wildman–Crippen LogP) is 3.49. The summed E-state index contributed by atoms with van der Waals surface area (Å²) in [6.07, 6.45) is 2.61. The van der Waals surface area contributed by atoms with Crippen LogP contribution < -0.4 is 14.2 Å². The highest BCUT2D eigenvalue weighted by Gasteiger charge is 2.12. The Bertz CT molecular complexity index is 923. The second-order valence-corrected chi connectivity index (χ2v) is 5.30. The summed E-state index contributed by atoms with van der Waals surface area (Å²) < 4.78 is 16.4. The van der Waals surface area contributed by atoms with Crippen LogP contribution in [-0.4, -0.2) is 30.6 Å². The molecule has 0 aliphatic heterocycles. The fraction of sp³-hybridized carbons (Fsp3) is 0.158. The molecule has 3 rings (SSSR count). The highest BCUT2D eigenvalue weighted by molar-refractivity contribution is 5.88. The molecule has 0 saturated heterocycles. The Morgan fingerprint density at radius 2 is 1.88 bits per heavy atom. The molecule has 0 aliphatic carbocycles. The predicted molar refractivity (Wildman–Crippen MR) is 92.8 cm³/mol. The van der Waals surface area contributed by atoms with E-state index in [1.807, 2.05) is 0 Å². The normalized spacial score (nSPS) is 10.5. The molecule has 0 saturated carbocycles. The first-order valence-corrected chi connectivity index (χ1v) is 7.60. The van der Waals surface area contributed by atoms with Crippen molar-refractivity contribution in [3.63, 3.8) is 0 Å². The molecular weight excluding hydrogens is 322 g/mol. The lowest BCUT2D eigenvalue weighted by atomic mass is 10.1.